The number of carbonyl (C=O) groups excluding carboxylic acids is 1. The van der Waals surface area contributed by atoms with Gasteiger partial charge in [-0.3, -0.25) is 15.1 Å². The van der Waals surface area contributed by atoms with Crippen LogP contribution in [0.15, 0.2) is 42.7 Å². The molecule has 0 aliphatic carbocycles. The first-order valence-electron chi connectivity index (χ1n) is 11.0. The quantitative estimate of drug-likeness (QED) is 0.510. The average Bonchev–Trinajstić information content (AvgIpc) is 2.82. The van der Waals surface area contributed by atoms with E-state index in [4.69, 9.17) is 15.2 Å². The number of aryl methyl sites for hydroxylation is 1. The van der Waals surface area contributed by atoms with Crippen molar-refractivity contribution in [1.29, 1.82) is 0 Å². The summed E-state index contributed by atoms with van der Waals surface area (Å²) in [6.07, 6.45) is 8.05. The van der Waals surface area contributed by atoms with E-state index in [0.717, 1.165) is 43.5 Å². The van der Waals surface area contributed by atoms with Crippen molar-refractivity contribution in [3.05, 3.63) is 53.9 Å². The molecule has 168 valence electrons. The van der Waals surface area contributed by atoms with E-state index in [1.54, 1.807) is 32.7 Å². The summed E-state index contributed by atoms with van der Waals surface area (Å²) in [6, 6.07) is 9.45. The van der Waals surface area contributed by atoms with Crippen molar-refractivity contribution in [3.63, 3.8) is 0 Å². The van der Waals surface area contributed by atoms with Crippen LogP contribution in [0.3, 0.4) is 0 Å². The molecule has 2 heterocycles. The minimum atomic E-state index is -1.05. The molecule has 4 N–H and O–H groups in total. The lowest BCUT2D eigenvalue weighted by Gasteiger charge is -2.35. The van der Waals surface area contributed by atoms with Gasteiger partial charge in [0, 0.05) is 24.0 Å². The Morgan fingerprint density at radius 2 is 1.94 bits per heavy atom. The fourth-order valence-corrected chi connectivity index (χ4v) is 4.35. The minimum Gasteiger partial charge on any atom is -0.497 e. The zero-order valence-corrected chi connectivity index (χ0v) is 18.5. The molecule has 1 aromatic carbocycles. The summed E-state index contributed by atoms with van der Waals surface area (Å²) in [5, 5.41) is 6.95. The first-order valence-corrected chi connectivity index (χ1v) is 11.0. The van der Waals surface area contributed by atoms with Crippen LogP contribution in [0.5, 0.6) is 11.5 Å². The first kappa shape index (κ1) is 23.0. The van der Waals surface area contributed by atoms with E-state index >= 15 is 0 Å². The second-order valence-corrected chi connectivity index (χ2v) is 8.10. The third-order valence-corrected chi connectivity index (χ3v) is 6.27. The highest BCUT2D eigenvalue weighted by molar-refractivity contribution is 5.87. The molecule has 1 aromatic heterocycles. The number of hydrogen-bond acceptors (Lipinski definition) is 6. The largest absolute Gasteiger partial charge is 0.497 e. The number of piperidine rings is 1. The van der Waals surface area contributed by atoms with Gasteiger partial charge in [-0.15, -0.1) is 0 Å². The first-order chi connectivity index (χ1) is 15.1. The number of pyridine rings is 1. The highest BCUT2D eigenvalue weighted by Gasteiger charge is 2.40. The van der Waals surface area contributed by atoms with Crippen LogP contribution in [-0.4, -0.2) is 44.7 Å². The molecule has 1 unspecified atom stereocenters. The Kier molecular flexibility index (Phi) is 8.26. The zero-order chi connectivity index (χ0) is 22.1. The van der Waals surface area contributed by atoms with Gasteiger partial charge in [-0.2, -0.15) is 0 Å². The number of benzene rings is 1. The molecule has 1 aliphatic heterocycles. The molecule has 7 heteroatoms. The van der Waals surface area contributed by atoms with E-state index in [1.165, 1.54) is 0 Å². The number of nitrogens with zero attached hydrogens (tertiary/aromatic N) is 1. The molecule has 0 radical (unpaired) electrons. The topological polar surface area (TPSA) is 98.5 Å². The SMILES string of the molecule is COc1ccc(C(CCc2ccncc2)(NCCC2CCNCC2)C(N)=O)c(OC)c1. The molecule has 3 rings (SSSR count). The molecule has 1 saturated heterocycles. The van der Waals surface area contributed by atoms with E-state index in [0.29, 0.717) is 36.8 Å². The van der Waals surface area contributed by atoms with Crippen molar-refractivity contribution in [2.45, 2.75) is 37.6 Å². The van der Waals surface area contributed by atoms with Crippen molar-refractivity contribution < 1.29 is 14.3 Å². The Morgan fingerprint density at radius 1 is 1.19 bits per heavy atom. The second-order valence-electron chi connectivity index (χ2n) is 8.10. The normalized spacial score (nSPS) is 16.5. The number of carbonyl (C=O) groups is 1. The fraction of sp³-hybridized carbons (Fsp3) is 0.500. The highest BCUT2D eigenvalue weighted by Crippen LogP contribution is 2.36. The van der Waals surface area contributed by atoms with Crippen LogP contribution in [0.25, 0.3) is 0 Å². The maximum Gasteiger partial charge on any atom is 0.242 e. The Bertz CT molecular complexity index is 840. The van der Waals surface area contributed by atoms with Crippen molar-refractivity contribution in [2.24, 2.45) is 11.7 Å². The number of nitrogens with one attached hydrogen (secondary N) is 2. The molecule has 1 aliphatic rings. The average molecular weight is 427 g/mol. The summed E-state index contributed by atoms with van der Waals surface area (Å²) in [4.78, 5) is 17.1. The third-order valence-electron chi connectivity index (χ3n) is 6.27. The Labute approximate surface area is 184 Å². The smallest absolute Gasteiger partial charge is 0.242 e. The summed E-state index contributed by atoms with van der Waals surface area (Å²) in [7, 11) is 3.21. The zero-order valence-electron chi connectivity index (χ0n) is 18.5. The predicted octanol–water partition coefficient (Wildman–Crippen LogP) is 2.39. The molecule has 0 saturated carbocycles. The van der Waals surface area contributed by atoms with Crippen LogP contribution < -0.4 is 25.8 Å². The Morgan fingerprint density at radius 3 is 2.58 bits per heavy atom. The van der Waals surface area contributed by atoms with Crippen LogP contribution in [0.1, 0.15) is 36.8 Å². The monoisotopic (exact) mass is 426 g/mol. The molecule has 1 amide bonds. The Hall–Kier alpha value is -2.64. The van der Waals surface area contributed by atoms with Gasteiger partial charge >= 0.3 is 0 Å². The lowest BCUT2D eigenvalue weighted by atomic mass is 9.82. The number of aromatic nitrogens is 1. The fourth-order valence-electron chi connectivity index (χ4n) is 4.35. The lowest BCUT2D eigenvalue weighted by molar-refractivity contribution is -0.125. The van der Waals surface area contributed by atoms with Crippen LogP contribution in [-0.2, 0) is 16.8 Å². The number of ether oxygens (including phenoxy) is 2. The number of nitrogens with two attached hydrogens (primary N) is 1. The molecule has 0 bridgehead atoms. The Balaban J connectivity index is 1.89. The summed E-state index contributed by atoms with van der Waals surface area (Å²) >= 11 is 0. The van der Waals surface area contributed by atoms with Crippen LogP contribution >= 0.6 is 0 Å². The van der Waals surface area contributed by atoms with E-state index in [2.05, 4.69) is 15.6 Å². The van der Waals surface area contributed by atoms with Gasteiger partial charge in [-0.05, 0) is 87.5 Å². The molecule has 1 atom stereocenters. The van der Waals surface area contributed by atoms with Gasteiger partial charge in [0.1, 0.15) is 17.0 Å². The third kappa shape index (κ3) is 5.74. The predicted molar refractivity (Wildman–Crippen MR) is 121 cm³/mol. The van der Waals surface area contributed by atoms with E-state index in [1.807, 2.05) is 24.3 Å². The number of hydrogen-bond donors (Lipinski definition) is 3. The van der Waals surface area contributed by atoms with Crippen molar-refractivity contribution >= 4 is 5.91 Å². The molecule has 31 heavy (non-hydrogen) atoms. The van der Waals surface area contributed by atoms with Crippen LogP contribution in [0.4, 0.5) is 0 Å². The summed E-state index contributed by atoms with van der Waals surface area (Å²) in [5.74, 6) is 1.50. The van der Waals surface area contributed by atoms with Gasteiger partial charge in [0.05, 0.1) is 14.2 Å². The van der Waals surface area contributed by atoms with Crippen molar-refractivity contribution in [1.82, 2.24) is 15.6 Å². The van der Waals surface area contributed by atoms with Crippen LogP contribution in [0.2, 0.25) is 0 Å². The minimum absolute atomic E-state index is 0.407. The number of methoxy groups -OCH3 is 2. The number of primary amides is 1. The standard InChI is InChI=1S/C24H34N4O3/c1-30-20-3-4-21(22(17-20)31-2)24(23(25)29,11-5-18-6-12-26-13-7-18)28-16-10-19-8-14-27-15-9-19/h3-4,6-7,12-13,17,19,27-28H,5,8-11,14-16H2,1-2H3,(H2,25,29). The van der Waals surface area contributed by atoms with Crippen molar-refractivity contribution in [2.75, 3.05) is 33.9 Å². The maximum absolute atomic E-state index is 13.0. The summed E-state index contributed by atoms with van der Waals surface area (Å²) < 4.78 is 11.0. The molecule has 7 nitrogen and oxygen atoms in total. The van der Waals surface area contributed by atoms with Gasteiger partial charge in [0.15, 0.2) is 0 Å². The lowest BCUT2D eigenvalue weighted by Crippen LogP contribution is -2.53. The highest BCUT2D eigenvalue weighted by atomic mass is 16.5. The number of rotatable bonds is 11. The molecular weight excluding hydrogens is 392 g/mol. The van der Waals surface area contributed by atoms with Gasteiger partial charge in [-0.25, -0.2) is 0 Å². The van der Waals surface area contributed by atoms with Gasteiger partial charge in [0.25, 0.3) is 0 Å². The van der Waals surface area contributed by atoms with Crippen molar-refractivity contribution in [3.8, 4) is 11.5 Å². The summed E-state index contributed by atoms with van der Waals surface area (Å²) in [6.45, 7) is 2.82. The van der Waals surface area contributed by atoms with E-state index in [-0.39, 0.29) is 0 Å². The molecular formula is C24H34N4O3. The van der Waals surface area contributed by atoms with E-state index in [9.17, 15) is 4.79 Å². The molecule has 0 spiro atoms. The van der Waals surface area contributed by atoms with Gasteiger partial charge < -0.3 is 20.5 Å². The maximum atomic E-state index is 13.0. The summed E-state index contributed by atoms with van der Waals surface area (Å²) in [5.41, 5.74) is 6.87. The van der Waals surface area contributed by atoms with Gasteiger partial charge in [0.2, 0.25) is 5.91 Å². The molecule has 2 aromatic rings. The second kappa shape index (κ2) is 11.1. The molecule has 1 fully saturated rings. The van der Waals surface area contributed by atoms with E-state index < -0.39 is 11.4 Å². The number of amides is 1. The van der Waals surface area contributed by atoms with Gasteiger partial charge in [-0.1, -0.05) is 0 Å². The van der Waals surface area contributed by atoms with Crippen LogP contribution in [0, 0.1) is 5.92 Å².